The number of nitrogens with one attached hydrogen (secondary N) is 1. The lowest BCUT2D eigenvalue weighted by molar-refractivity contribution is 0.169. The van der Waals surface area contributed by atoms with Gasteiger partial charge in [0.2, 0.25) is 0 Å². The second kappa shape index (κ2) is 5.53. The van der Waals surface area contributed by atoms with Crippen molar-refractivity contribution in [2.75, 3.05) is 6.54 Å². The zero-order valence-electron chi connectivity index (χ0n) is 11.3. The van der Waals surface area contributed by atoms with Crippen LogP contribution in [0.5, 0.6) is 0 Å². The van der Waals surface area contributed by atoms with Gasteiger partial charge in [0.05, 0.1) is 0 Å². The molecule has 0 aromatic carbocycles. The topological polar surface area (TPSA) is 12.0 Å². The molecule has 1 nitrogen and oxygen atoms in total. The Hall–Kier alpha value is -0.0400. The largest absolute Gasteiger partial charge is 0.314 e. The van der Waals surface area contributed by atoms with Crippen LogP contribution in [-0.4, -0.2) is 12.6 Å². The molecule has 0 heterocycles. The minimum absolute atomic E-state index is 0.857. The summed E-state index contributed by atoms with van der Waals surface area (Å²) >= 11 is 0. The van der Waals surface area contributed by atoms with Crippen LogP contribution < -0.4 is 5.32 Å². The summed E-state index contributed by atoms with van der Waals surface area (Å²) in [5.41, 5.74) is 0. The molecule has 2 saturated carbocycles. The molecule has 0 aromatic heterocycles. The van der Waals surface area contributed by atoms with Gasteiger partial charge in [-0.25, -0.2) is 0 Å². The van der Waals surface area contributed by atoms with E-state index >= 15 is 0 Å². The van der Waals surface area contributed by atoms with Crippen LogP contribution in [0.2, 0.25) is 0 Å². The van der Waals surface area contributed by atoms with Crippen molar-refractivity contribution in [3.63, 3.8) is 0 Å². The average Bonchev–Trinajstić information content (AvgIpc) is 3.08. The maximum absolute atomic E-state index is 3.69. The SMILES string of the molecule is CC1CCCC(C(C)C(C)CNC2CC2)C1. The highest BCUT2D eigenvalue weighted by atomic mass is 14.9. The normalized spacial score (nSPS) is 34.7. The van der Waals surface area contributed by atoms with E-state index in [1.807, 2.05) is 0 Å². The maximum Gasteiger partial charge on any atom is 0.00683 e. The Morgan fingerprint density at radius 3 is 2.50 bits per heavy atom. The van der Waals surface area contributed by atoms with E-state index in [2.05, 4.69) is 26.1 Å². The molecule has 94 valence electrons. The van der Waals surface area contributed by atoms with E-state index in [1.54, 1.807) is 0 Å². The molecule has 0 aromatic rings. The van der Waals surface area contributed by atoms with Crippen LogP contribution in [0.25, 0.3) is 0 Å². The van der Waals surface area contributed by atoms with Crippen molar-refractivity contribution in [1.82, 2.24) is 5.32 Å². The predicted octanol–water partition coefficient (Wildman–Crippen LogP) is 3.84. The molecule has 1 N–H and O–H groups in total. The Kier molecular flexibility index (Phi) is 4.29. The van der Waals surface area contributed by atoms with Crippen molar-refractivity contribution in [2.24, 2.45) is 23.7 Å². The molecular weight excluding hydrogens is 194 g/mol. The lowest BCUT2D eigenvalue weighted by Crippen LogP contribution is -2.31. The van der Waals surface area contributed by atoms with Crippen LogP contribution in [0.1, 0.15) is 59.3 Å². The van der Waals surface area contributed by atoms with E-state index in [9.17, 15) is 0 Å². The van der Waals surface area contributed by atoms with Crippen molar-refractivity contribution >= 4 is 0 Å². The first-order chi connectivity index (χ1) is 7.66. The quantitative estimate of drug-likeness (QED) is 0.747. The molecule has 0 amide bonds. The van der Waals surface area contributed by atoms with Crippen molar-refractivity contribution < 1.29 is 0 Å². The minimum atomic E-state index is 0.857. The minimum Gasteiger partial charge on any atom is -0.314 e. The lowest BCUT2D eigenvalue weighted by atomic mass is 9.72. The molecule has 0 aliphatic heterocycles. The van der Waals surface area contributed by atoms with Gasteiger partial charge in [-0.15, -0.1) is 0 Å². The summed E-state index contributed by atoms with van der Waals surface area (Å²) in [7, 11) is 0. The highest BCUT2D eigenvalue weighted by Gasteiger charge is 2.28. The summed E-state index contributed by atoms with van der Waals surface area (Å²) in [5.74, 6) is 3.74. The zero-order chi connectivity index (χ0) is 11.5. The standard InChI is InChI=1S/C15H29N/c1-11-5-4-6-14(9-11)13(3)12(2)10-16-15-7-8-15/h11-16H,4-10H2,1-3H3. The van der Waals surface area contributed by atoms with Gasteiger partial charge >= 0.3 is 0 Å². The summed E-state index contributed by atoms with van der Waals surface area (Å²) in [6, 6.07) is 0.875. The summed E-state index contributed by atoms with van der Waals surface area (Å²) in [5, 5.41) is 3.69. The van der Waals surface area contributed by atoms with Crippen molar-refractivity contribution in [3.05, 3.63) is 0 Å². The van der Waals surface area contributed by atoms with Gasteiger partial charge in [0.15, 0.2) is 0 Å². The van der Waals surface area contributed by atoms with Crippen molar-refractivity contribution in [1.29, 1.82) is 0 Å². The molecule has 1 heteroatoms. The molecule has 2 aliphatic rings. The van der Waals surface area contributed by atoms with E-state index < -0.39 is 0 Å². The first kappa shape index (κ1) is 12.4. The van der Waals surface area contributed by atoms with Crippen LogP contribution in [0.4, 0.5) is 0 Å². The van der Waals surface area contributed by atoms with Gasteiger partial charge in [-0.05, 0) is 49.5 Å². The molecular formula is C15H29N. The van der Waals surface area contributed by atoms with Gasteiger partial charge in [-0.1, -0.05) is 40.0 Å². The Morgan fingerprint density at radius 1 is 1.12 bits per heavy atom. The molecule has 2 fully saturated rings. The summed E-state index contributed by atoms with van der Waals surface area (Å²) in [6.45, 7) is 8.62. The highest BCUT2D eigenvalue weighted by Crippen LogP contribution is 2.36. The first-order valence-electron chi connectivity index (χ1n) is 7.40. The van der Waals surface area contributed by atoms with Crippen LogP contribution in [-0.2, 0) is 0 Å². The van der Waals surface area contributed by atoms with Crippen LogP contribution in [0.15, 0.2) is 0 Å². The third-order valence-electron chi connectivity index (χ3n) is 4.92. The third-order valence-corrected chi connectivity index (χ3v) is 4.92. The predicted molar refractivity (Wildman–Crippen MR) is 70.5 cm³/mol. The lowest BCUT2D eigenvalue weighted by Gasteiger charge is -2.34. The monoisotopic (exact) mass is 223 g/mol. The smallest absolute Gasteiger partial charge is 0.00683 e. The summed E-state index contributed by atoms with van der Waals surface area (Å²) in [6.07, 6.45) is 8.74. The molecule has 0 radical (unpaired) electrons. The summed E-state index contributed by atoms with van der Waals surface area (Å²) in [4.78, 5) is 0. The van der Waals surface area contributed by atoms with Gasteiger partial charge in [-0.2, -0.15) is 0 Å². The Bertz CT molecular complexity index is 209. The van der Waals surface area contributed by atoms with Gasteiger partial charge in [0, 0.05) is 6.04 Å². The molecule has 0 spiro atoms. The van der Waals surface area contributed by atoms with Crippen molar-refractivity contribution in [3.8, 4) is 0 Å². The number of hydrogen-bond acceptors (Lipinski definition) is 1. The fourth-order valence-electron chi connectivity index (χ4n) is 3.25. The number of rotatable bonds is 5. The van der Waals surface area contributed by atoms with Crippen LogP contribution >= 0.6 is 0 Å². The molecule has 2 aliphatic carbocycles. The molecule has 0 saturated heterocycles. The second-order valence-electron chi connectivity index (χ2n) is 6.55. The Balaban J connectivity index is 1.72. The van der Waals surface area contributed by atoms with Crippen LogP contribution in [0.3, 0.4) is 0 Å². The highest BCUT2D eigenvalue weighted by molar-refractivity contribution is 4.83. The van der Waals surface area contributed by atoms with E-state index in [-0.39, 0.29) is 0 Å². The van der Waals surface area contributed by atoms with Gasteiger partial charge < -0.3 is 5.32 Å². The molecule has 16 heavy (non-hydrogen) atoms. The Morgan fingerprint density at radius 2 is 1.88 bits per heavy atom. The van der Waals surface area contributed by atoms with Gasteiger partial charge in [-0.3, -0.25) is 0 Å². The molecule has 4 atom stereocenters. The zero-order valence-corrected chi connectivity index (χ0v) is 11.3. The fourth-order valence-corrected chi connectivity index (χ4v) is 3.25. The van der Waals surface area contributed by atoms with E-state index in [0.717, 1.165) is 29.7 Å². The van der Waals surface area contributed by atoms with Gasteiger partial charge in [0.1, 0.15) is 0 Å². The second-order valence-corrected chi connectivity index (χ2v) is 6.55. The van der Waals surface area contributed by atoms with Crippen molar-refractivity contribution in [2.45, 2.75) is 65.3 Å². The Labute approximate surface area is 101 Å². The number of hydrogen-bond donors (Lipinski definition) is 1. The first-order valence-corrected chi connectivity index (χ1v) is 7.40. The van der Waals surface area contributed by atoms with Gasteiger partial charge in [0.25, 0.3) is 0 Å². The van der Waals surface area contributed by atoms with Crippen LogP contribution in [0, 0.1) is 23.7 Å². The molecule has 0 bridgehead atoms. The fraction of sp³-hybridized carbons (Fsp3) is 1.00. The van der Waals surface area contributed by atoms with E-state index in [1.165, 1.54) is 45.1 Å². The maximum atomic E-state index is 3.69. The molecule has 4 unspecified atom stereocenters. The van der Waals surface area contributed by atoms with E-state index in [0.29, 0.717) is 0 Å². The van der Waals surface area contributed by atoms with E-state index in [4.69, 9.17) is 0 Å². The third kappa shape index (κ3) is 3.48. The molecule has 2 rings (SSSR count). The average molecular weight is 223 g/mol. The summed E-state index contributed by atoms with van der Waals surface area (Å²) < 4.78 is 0.